The van der Waals surface area contributed by atoms with Gasteiger partial charge in [-0.15, -0.1) is 0 Å². The SMILES string of the molecule is CON(C)S(=O)(=O)c1ccc(Cl)cc1N. The summed E-state index contributed by atoms with van der Waals surface area (Å²) in [4.78, 5) is 4.58. The summed E-state index contributed by atoms with van der Waals surface area (Å²) in [7, 11) is -1.17. The van der Waals surface area contributed by atoms with E-state index in [1.54, 1.807) is 0 Å². The van der Waals surface area contributed by atoms with Crippen molar-refractivity contribution in [2.45, 2.75) is 4.90 Å². The highest BCUT2D eigenvalue weighted by Crippen LogP contribution is 2.24. The van der Waals surface area contributed by atoms with E-state index < -0.39 is 10.0 Å². The molecule has 0 fully saturated rings. The Bertz CT molecular complexity index is 461. The molecule has 0 saturated heterocycles. The minimum Gasteiger partial charge on any atom is -0.398 e. The van der Waals surface area contributed by atoms with Crippen molar-refractivity contribution in [3.63, 3.8) is 0 Å². The molecule has 1 aromatic rings. The Kier molecular flexibility index (Phi) is 3.56. The number of sulfonamides is 1. The van der Waals surface area contributed by atoms with Gasteiger partial charge >= 0.3 is 0 Å². The Morgan fingerprint density at radius 3 is 2.53 bits per heavy atom. The Morgan fingerprint density at radius 1 is 1.47 bits per heavy atom. The van der Waals surface area contributed by atoms with Gasteiger partial charge in [-0.3, -0.25) is 4.84 Å². The number of anilines is 1. The Morgan fingerprint density at radius 2 is 2.07 bits per heavy atom. The second kappa shape index (κ2) is 4.36. The van der Waals surface area contributed by atoms with Crippen molar-refractivity contribution in [1.82, 2.24) is 4.47 Å². The number of benzene rings is 1. The molecule has 0 aliphatic carbocycles. The van der Waals surface area contributed by atoms with Crippen LogP contribution < -0.4 is 5.73 Å². The number of nitrogens with two attached hydrogens (primary N) is 1. The fourth-order valence-corrected chi connectivity index (χ4v) is 2.24. The standard InChI is InChI=1S/C8H11ClN2O3S/c1-11(14-2)15(12,13)8-4-3-6(9)5-7(8)10/h3-5H,10H2,1-2H3. The van der Waals surface area contributed by atoms with Crippen molar-refractivity contribution >= 4 is 27.3 Å². The highest BCUT2D eigenvalue weighted by molar-refractivity contribution is 7.89. The van der Waals surface area contributed by atoms with Gasteiger partial charge in [0.2, 0.25) is 0 Å². The van der Waals surface area contributed by atoms with Crippen molar-refractivity contribution in [3.8, 4) is 0 Å². The van der Waals surface area contributed by atoms with E-state index in [1.807, 2.05) is 0 Å². The van der Waals surface area contributed by atoms with Crippen molar-refractivity contribution in [3.05, 3.63) is 23.2 Å². The molecular formula is C8H11ClN2O3S. The summed E-state index contributed by atoms with van der Waals surface area (Å²) >= 11 is 5.66. The van der Waals surface area contributed by atoms with E-state index in [-0.39, 0.29) is 10.6 Å². The topological polar surface area (TPSA) is 72.6 Å². The third-order valence-electron chi connectivity index (χ3n) is 1.85. The molecule has 2 N–H and O–H groups in total. The molecule has 0 bridgehead atoms. The lowest BCUT2D eigenvalue weighted by molar-refractivity contribution is -0.0258. The monoisotopic (exact) mass is 250 g/mol. The lowest BCUT2D eigenvalue weighted by atomic mass is 10.3. The van der Waals surface area contributed by atoms with E-state index in [1.165, 1.54) is 32.4 Å². The molecule has 15 heavy (non-hydrogen) atoms. The van der Waals surface area contributed by atoms with Crippen LogP contribution in [0.5, 0.6) is 0 Å². The second-order valence-electron chi connectivity index (χ2n) is 2.78. The van der Waals surface area contributed by atoms with Gasteiger partial charge in [0.1, 0.15) is 4.90 Å². The van der Waals surface area contributed by atoms with Gasteiger partial charge in [0.15, 0.2) is 0 Å². The third-order valence-corrected chi connectivity index (χ3v) is 3.83. The van der Waals surface area contributed by atoms with Gasteiger partial charge in [-0.05, 0) is 18.2 Å². The predicted octanol–water partition coefficient (Wildman–Crippen LogP) is 1.10. The van der Waals surface area contributed by atoms with Crippen LogP contribution in [0, 0.1) is 0 Å². The number of hydrogen-bond acceptors (Lipinski definition) is 4. The molecule has 0 unspecified atom stereocenters. The van der Waals surface area contributed by atoms with Gasteiger partial charge in [0.25, 0.3) is 10.0 Å². The Balaban J connectivity index is 3.28. The van der Waals surface area contributed by atoms with E-state index in [0.29, 0.717) is 5.02 Å². The summed E-state index contributed by atoms with van der Waals surface area (Å²) in [6, 6.07) is 4.16. The van der Waals surface area contributed by atoms with Crippen molar-refractivity contribution in [1.29, 1.82) is 0 Å². The van der Waals surface area contributed by atoms with E-state index in [9.17, 15) is 8.42 Å². The Hall–Kier alpha value is -0.820. The molecule has 84 valence electrons. The highest BCUT2D eigenvalue weighted by Gasteiger charge is 2.23. The van der Waals surface area contributed by atoms with Gasteiger partial charge in [-0.1, -0.05) is 16.1 Å². The number of hydrogen-bond donors (Lipinski definition) is 1. The lowest BCUT2D eigenvalue weighted by Gasteiger charge is -2.15. The molecule has 5 nitrogen and oxygen atoms in total. The maximum absolute atomic E-state index is 11.8. The molecule has 0 amide bonds. The average Bonchev–Trinajstić information content (AvgIpc) is 2.15. The zero-order valence-electron chi connectivity index (χ0n) is 8.27. The number of halogens is 1. The summed E-state index contributed by atoms with van der Waals surface area (Å²) < 4.78 is 24.3. The molecule has 0 radical (unpaired) electrons. The van der Waals surface area contributed by atoms with Crippen LogP contribution >= 0.6 is 11.6 Å². The summed E-state index contributed by atoms with van der Waals surface area (Å²) in [5.41, 5.74) is 5.64. The smallest absolute Gasteiger partial charge is 0.266 e. The molecule has 0 atom stereocenters. The number of nitrogen functional groups attached to an aromatic ring is 1. The molecule has 1 rings (SSSR count). The average molecular weight is 251 g/mol. The Labute approximate surface area is 93.4 Å². The molecule has 0 aliphatic rings. The van der Waals surface area contributed by atoms with Crippen LogP contribution in [0.4, 0.5) is 5.69 Å². The van der Waals surface area contributed by atoms with E-state index >= 15 is 0 Å². The van der Waals surface area contributed by atoms with Crippen LogP contribution in [0.2, 0.25) is 5.02 Å². The van der Waals surface area contributed by atoms with Crippen LogP contribution in [0.25, 0.3) is 0 Å². The zero-order valence-corrected chi connectivity index (χ0v) is 9.84. The fraction of sp³-hybridized carbons (Fsp3) is 0.250. The van der Waals surface area contributed by atoms with Gasteiger partial charge in [-0.25, -0.2) is 8.42 Å². The maximum Gasteiger partial charge on any atom is 0.266 e. The number of hydroxylamine groups is 1. The van der Waals surface area contributed by atoms with Gasteiger partial charge < -0.3 is 5.73 Å². The van der Waals surface area contributed by atoms with Gasteiger partial charge in [0.05, 0.1) is 12.8 Å². The minimum atomic E-state index is -3.71. The molecule has 7 heteroatoms. The predicted molar refractivity (Wildman–Crippen MR) is 57.8 cm³/mol. The lowest BCUT2D eigenvalue weighted by Crippen LogP contribution is -2.26. The van der Waals surface area contributed by atoms with Crippen molar-refractivity contribution in [2.75, 3.05) is 19.9 Å². The van der Waals surface area contributed by atoms with Crippen LogP contribution in [-0.4, -0.2) is 27.0 Å². The van der Waals surface area contributed by atoms with Crippen molar-refractivity contribution < 1.29 is 13.3 Å². The van der Waals surface area contributed by atoms with Gasteiger partial charge in [0, 0.05) is 12.1 Å². The molecule has 0 spiro atoms. The summed E-state index contributed by atoms with van der Waals surface area (Å²) in [6.07, 6.45) is 0. The second-order valence-corrected chi connectivity index (χ2v) is 5.12. The summed E-state index contributed by atoms with van der Waals surface area (Å²) in [5, 5.41) is 0.381. The van der Waals surface area contributed by atoms with E-state index in [0.717, 1.165) is 4.47 Å². The van der Waals surface area contributed by atoms with Crippen LogP contribution in [0.1, 0.15) is 0 Å². The van der Waals surface area contributed by atoms with Crippen LogP contribution in [0.15, 0.2) is 23.1 Å². The van der Waals surface area contributed by atoms with E-state index in [2.05, 4.69) is 4.84 Å². The quantitative estimate of drug-likeness (QED) is 0.644. The minimum absolute atomic E-state index is 0.0312. The summed E-state index contributed by atoms with van der Waals surface area (Å²) in [6.45, 7) is 0. The maximum atomic E-state index is 11.8. The third kappa shape index (κ3) is 2.40. The molecule has 0 aliphatic heterocycles. The molecule has 0 heterocycles. The first kappa shape index (κ1) is 12.3. The first-order chi connectivity index (χ1) is 6.89. The molecular weight excluding hydrogens is 240 g/mol. The van der Waals surface area contributed by atoms with E-state index in [4.69, 9.17) is 17.3 Å². The first-order valence-corrected chi connectivity index (χ1v) is 5.79. The van der Waals surface area contributed by atoms with Gasteiger partial charge in [-0.2, -0.15) is 0 Å². The number of nitrogens with zero attached hydrogens (tertiary/aromatic N) is 1. The van der Waals surface area contributed by atoms with Crippen LogP contribution in [-0.2, 0) is 14.9 Å². The molecule has 1 aromatic carbocycles. The molecule has 0 saturated carbocycles. The fourth-order valence-electron chi connectivity index (χ4n) is 0.991. The highest BCUT2D eigenvalue weighted by atomic mass is 35.5. The zero-order chi connectivity index (χ0) is 11.6. The largest absolute Gasteiger partial charge is 0.398 e. The first-order valence-electron chi connectivity index (χ1n) is 3.97. The normalized spacial score (nSPS) is 12.0. The summed E-state index contributed by atoms with van der Waals surface area (Å²) in [5.74, 6) is 0. The van der Waals surface area contributed by atoms with Crippen LogP contribution in [0.3, 0.4) is 0 Å². The molecule has 0 aromatic heterocycles. The number of rotatable bonds is 3. The van der Waals surface area contributed by atoms with Crippen molar-refractivity contribution in [2.24, 2.45) is 0 Å².